The minimum Gasteiger partial charge on any atom is -0.299 e. The molecule has 1 saturated carbocycles. The summed E-state index contributed by atoms with van der Waals surface area (Å²) in [7, 11) is 0. The van der Waals surface area contributed by atoms with Crippen LogP contribution in [-0.2, 0) is 11.2 Å². The van der Waals surface area contributed by atoms with Gasteiger partial charge in [-0.1, -0.05) is 23.8 Å². The van der Waals surface area contributed by atoms with Gasteiger partial charge in [0.25, 0.3) is 0 Å². The van der Waals surface area contributed by atoms with Crippen molar-refractivity contribution >= 4 is 5.78 Å². The van der Waals surface area contributed by atoms with Crippen LogP contribution in [0.15, 0.2) is 18.2 Å². The van der Waals surface area contributed by atoms with Gasteiger partial charge >= 0.3 is 0 Å². The Kier molecular flexibility index (Phi) is 2.90. The zero-order chi connectivity index (χ0) is 10.8. The Morgan fingerprint density at radius 1 is 1.33 bits per heavy atom. The van der Waals surface area contributed by atoms with Crippen LogP contribution in [0.1, 0.15) is 36.0 Å². The molecule has 0 N–H and O–H groups in total. The van der Waals surface area contributed by atoms with Crippen LogP contribution in [0.2, 0.25) is 0 Å². The van der Waals surface area contributed by atoms with Gasteiger partial charge in [0.1, 0.15) is 5.78 Å². The fraction of sp³-hybridized carbons (Fsp3) is 0.500. The lowest BCUT2D eigenvalue weighted by molar-refractivity contribution is -0.120. The van der Waals surface area contributed by atoms with Crippen LogP contribution in [0.4, 0.5) is 0 Å². The molecule has 80 valence electrons. The molecule has 0 aromatic heterocycles. The molecule has 0 amide bonds. The summed E-state index contributed by atoms with van der Waals surface area (Å²) in [5.74, 6) is 0.765. The molecule has 1 atom stereocenters. The topological polar surface area (TPSA) is 17.1 Å². The van der Waals surface area contributed by atoms with Crippen LogP contribution in [0, 0.1) is 19.8 Å². The molecule has 15 heavy (non-hydrogen) atoms. The number of carbonyl (C=O) groups excluding carboxylic acids is 1. The second kappa shape index (κ2) is 4.18. The predicted molar refractivity (Wildman–Crippen MR) is 62.0 cm³/mol. The number of Topliss-reactive ketones (excluding diaryl/α,β-unsaturated/α-hetero) is 1. The second-order valence-corrected chi connectivity index (χ2v) is 4.69. The van der Waals surface area contributed by atoms with Crippen LogP contribution in [0.25, 0.3) is 0 Å². The minimum atomic E-state index is 0.297. The average molecular weight is 202 g/mol. The molecule has 1 aromatic carbocycles. The molecule has 0 radical (unpaired) electrons. The van der Waals surface area contributed by atoms with Crippen molar-refractivity contribution < 1.29 is 4.79 Å². The summed E-state index contributed by atoms with van der Waals surface area (Å²) in [6.07, 6.45) is 3.93. The van der Waals surface area contributed by atoms with Crippen LogP contribution in [0.3, 0.4) is 0 Å². The Labute approximate surface area is 91.5 Å². The van der Waals surface area contributed by atoms with E-state index < -0.39 is 0 Å². The number of aryl methyl sites for hydroxylation is 2. The molecule has 0 aliphatic heterocycles. The summed E-state index contributed by atoms with van der Waals surface area (Å²) in [5, 5.41) is 0. The number of ketones is 1. The van der Waals surface area contributed by atoms with E-state index in [1.807, 2.05) is 0 Å². The molecule has 2 rings (SSSR count). The molecule has 1 aromatic rings. The maximum absolute atomic E-state index is 11.6. The summed E-state index contributed by atoms with van der Waals surface area (Å²) >= 11 is 0. The lowest BCUT2D eigenvalue weighted by atomic mass is 9.93. The van der Waals surface area contributed by atoms with Crippen molar-refractivity contribution in [3.63, 3.8) is 0 Å². The van der Waals surface area contributed by atoms with E-state index in [-0.39, 0.29) is 0 Å². The third-order valence-corrected chi connectivity index (χ3v) is 3.40. The molecule has 1 aliphatic rings. The third-order valence-electron chi connectivity index (χ3n) is 3.40. The summed E-state index contributed by atoms with van der Waals surface area (Å²) in [6.45, 7) is 4.24. The van der Waals surface area contributed by atoms with E-state index in [0.29, 0.717) is 11.7 Å². The van der Waals surface area contributed by atoms with Gasteiger partial charge in [0.2, 0.25) is 0 Å². The Bertz CT molecular complexity index is 379. The maximum atomic E-state index is 11.6. The smallest absolute Gasteiger partial charge is 0.136 e. The summed E-state index contributed by atoms with van der Waals surface area (Å²) < 4.78 is 0. The third kappa shape index (κ3) is 2.28. The van der Waals surface area contributed by atoms with Crippen molar-refractivity contribution in [3.05, 3.63) is 34.9 Å². The van der Waals surface area contributed by atoms with E-state index in [4.69, 9.17) is 0 Å². The predicted octanol–water partition coefficient (Wildman–Crippen LogP) is 3.22. The van der Waals surface area contributed by atoms with Gasteiger partial charge in [-0.05, 0) is 44.2 Å². The zero-order valence-electron chi connectivity index (χ0n) is 9.55. The molecule has 1 nitrogen and oxygen atoms in total. The van der Waals surface area contributed by atoms with Gasteiger partial charge in [-0.15, -0.1) is 0 Å². The maximum Gasteiger partial charge on any atom is 0.136 e. The molecule has 0 spiro atoms. The first kappa shape index (κ1) is 10.4. The Morgan fingerprint density at radius 3 is 2.80 bits per heavy atom. The lowest BCUT2D eigenvalue weighted by Crippen LogP contribution is -2.10. The molecule has 0 saturated heterocycles. The Morgan fingerprint density at radius 2 is 2.13 bits per heavy atom. The first-order chi connectivity index (χ1) is 7.16. The van der Waals surface area contributed by atoms with Crippen molar-refractivity contribution in [2.24, 2.45) is 5.92 Å². The fourth-order valence-corrected chi connectivity index (χ4v) is 2.39. The molecule has 1 aliphatic carbocycles. The number of hydrogen-bond acceptors (Lipinski definition) is 1. The van der Waals surface area contributed by atoms with Crippen molar-refractivity contribution in [2.75, 3.05) is 0 Å². The Hall–Kier alpha value is -1.11. The highest BCUT2D eigenvalue weighted by atomic mass is 16.1. The van der Waals surface area contributed by atoms with E-state index in [2.05, 4.69) is 32.0 Å². The molecular formula is C14H18O. The van der Waals surface area contributed by atoms with Crippen LogP contribution >= 0.6 is 0 Å². The Balaban J connectivity index is 2.16. The highest BCUT2D eigenvalue weighted by Gasteiger charge is 2.24. The largest absolute Gasteiger partial charge is 0.299 e. The first-order valence-corrected chi connectivity index (χ1v) is 5.75. The van der Waals surface area contributed by atoms with Crippen molar-refractivity contribution in [3.8, 4) is 0 Å². The molecule has 1 unspecified atom stereocenters. The van der Waals surface area contributed by atoms with Crippen molar-refractivity contribution in [2.45, 2.75) is 39.5 Å². The summed E-state index contributed by atoms with van der Waals surface area (Å²) in [6, 6.07) is 6.51. The molecule has 1 fully saturated rings. The SMILES string of the molecule is Cc1ccc(C)c(CC2CCCC2=O)c1. The van der Waals surface area contributed by atoms with E-state index in [9.17, 15) is 4.79 Å². The van der Waals surface area contributed by atoms with E-state index >= 15 is 0 Å². The summed E-state index contributed by atoms with van der Waals surface area (Å²) in [4.78, 5) is 11.6. The van der Waals surface area contributed by atoms with Crippen molar-refractivity contribution in [1.82, 2.24) is 0 Å². The number of carbonyl (C=O) groups is 1. The van der Waals surface area contributed by atoms with E-state index in [1.165, 1.54) is 16.7 Å². The molecule has 0 bridgehead atoms. The lowest BCUT2D eigenvalue weighted by Gasteiger charge is -2.11. The average Bonchev–Trinajstić information content (AvgIpc) is 2.58. The molecule has 1 heteroatoms. The number of hydrogen-bond donors (Lipinski definition) is 0. The van der Waals surface area contributed by atoms with Gasteiger partial charge in [-0.3, -0.25) is 4.79 Å². The number of rotatable bonds is 2. The normalized spacial score (nSPS) is 20.9. The molecular weight excluding hydrogens is 184 g/mol. The van der Waals surface area contributed by atoms with Crippen molar-refractivity contribution in [1.29, 1.82) is 0 Å². The first-order valence-electron chi connectivity index (χ1n) is 5.75. The minimum absolute atomic E-state index is 0.297. The van der Waals surface area contributed by atoms with Gasteiger partial charge in [0.05, 0.1) is 0 Å². The monoisotopic (exact) mass is 202 g/mol. The van der Waals surface area contributed by atoms with Gasteiger partial charge < -0.3 is 0 Å². The van der Waals surface area contributed by atoms with Gasteiger partial charge in [-0.2, -0.15) is 0 Å². The van der Waals surface area contributed by atoms with E-state index in [0.717, 1.165) is 25.7 Å². The van der Waals surface area contributed by atoms with Crippen LogP contribution in [0.5, 0.6) is 0 Å². The fourth-order valence-electron chi connectivity index (χ4n) is 2.39. The summed E-state index contributed by atoms with van der Waals surface area (Å²) in [5.41, 5.74) is 3.97. The second-order valence-electron chi connectivity index (χ2n) is 4.69. The molecule has 0 heterocycles. The van der Waals surface area contributed by atoms with Crippen LogP contribution in [-0.4, -0.2) is 5.78 Å². The van der Waals surface area contributed by atoms with E-state index in [1.54, 1.807) is 0 Å². The highest BCUT2D eigenvalue weighted by molar-refractivity contribution is 5.83. The van der Waals surface area contributed by atoms with Gasteiger partial charge in [0.15, 0.2) is 0 Å². The quantitative estimate of drug-likeness (QED) is 0.719. The van der Waals surface area contributed by atoms with Gasteiger partial charge in [-0.25, -0.2) is 0 Å². The standard InChI is InChI=1S/C14H18O/c1-10-6-7-11(2)13(8-10)9-12-4-3-5-14(12)15/h6-8,12H,3-5,9H2,1-2H3. The van der Waals surface area contributed by atoms with Gasteiger partial charge in [0, 0.05) is 12.3 Å². The van der Waals surface area contributed by atoms with Crippen LogP contribution < -0.4 is 0 Å². The highest BCUT2D eigenvalue weighted by Crippen LogP contribution is 2.26. The number of benzene rings is 1. The zero-order valence-corrected chi connectivity index (χ0v) is 9.55.